The maximum atomic E-state index is 14.2. The highest BCUT2D eigenvalue weighted by molar-refractivity contribution is 8.00. The summed E-state index contributed by atoms with van der Waals surface area (Å²) in [5.41, 5.74) is -0.947. The monoisotopic (exact) mass is 565 g/mol. The molecule has 0 bridgehead atoms. The minimum atomic E-state index is -5.82. The molecule has 2 heterocycles. The van der Waals surface area contributed by atoms with E-state index in [-0.39, 0.29) is 12.3 Å². The van der Waals surface area contributed by atoms with Crippen LogP contribution in [0.3, 0.4) is 0 Å². The lowest BCUT2D eigenvalue weighted by Crippen LogP contribution is -2.49. The van der Waals surface area contributed by atoms with E-state index in [1.165, 1.54) is 13.8 Å². The van der Waals surface area contributed by atoms with E-state index in [2.05, 4.69) is 10.3 Å². The van der Waals surface area contributed by atoms with Gasteiger partial charge in [0.2, 0.25) is 0 Å². The van der Waals surface area contributed by atoms with Crippen LogP contribution in [0.25, 0.3) is 10.9 Å². The number of halogens is 6. The molecule has 0 aliphatic carbocycles. The number of nitrogens with zero attached hydrogens (tertiary/aromatic N) is 2. The zero-order chi connectivity index (χ0) is 27.4. The maximum absolute atomic E-state index is 14.2. The summed E-state index contributed by atoms with van der Waals surface area (Å²) in [4.78, 5) is 18.1. The molecule has 204 valence electrons. The summed E-state index contributed by atoms with van der Waals surface area (Å²) >= 11 is 6.35. The number of rotatable bonds is 12. The fourth-order valence-corrected chi connectivity index (χ4v) is 5.45. The fourth-order valence-electron chi connectivity index (χ4n) is 4.26. The molecule has 0 spiro atoms. The van der Waals surface area contributed by atoms with Gasteiger partial charge in [-0.3, -0.25) is 9.78 Å². The van der Waals surface area contributed by atoms with Crippen molar-refractivity contribution in [1.29, 1.82) is 0 Å². The summed E-state index contributed by atoms with van der Waals surface area (Å²) in [5, 5.41) is 13.1. The Morgan fingerprint density at radius 3 is 2.54 bits per heavy atom. The lowest BCUT2D eigenvalue weighted by atomic mass is 10.1. The van der Waals surface area contributed by atoms with Crippen LogP contribution in [0.2, 0.25) is 5.02 Å². The molecule has 1 aromatic heterocycles. The predicted molar refractivity (Wildman–Crippen MR) is 137 cm³/mol. The van der Waals surface area contributed by atoms with Gasteiger partial charge in [-0.1, -0.05) is 31.4 Å². The van der Waals surface area contributed by atoms with E-state index in [1.54, 1.807) is 18.3 Å². The second-order valence-electron chi connectivity index (χ2n) is 8.97. The van der Waals surface area contributed by atoms with Crippen molar-refractivity contribution in [2.45, 2.75) is 62.6 Å². The Kier molecular flexibility index (Phi) is 9.34. The van der Waals surface area contributed by atoms with Crippen molar-refractivity contribution in [3.63, 3.8) is 0 Å². The number of aromatic nitrogens is 1. The summed E-state index contributed by atoms with van der Waals surface area (Å²) in [6, 6.07) is 7.33. The highest BCUT2D eigenvalue weighted by Crippen LogP contribution is 2.47. The molecule has 0 saturated heterocycles. The Bertz CT molecular complexity index is 1140. The fraction of sp³-hybridized carbons (Fsp3) is 0.520. The zero-order valence-corrected chi connectivity index (χ0v) is 22.0. The number of thioether (sulfide) groups is 1. The molecule has 1 aromatic carbocycles. The van der Waals surface area contributed by atoms with Crippen molar-refractivity contribution in [2.24, 2.45) is 0 Å². The standard InChI is InChI=1S/C25H29ClF5N3O2S/c1-3-37-21(24(27,28)25(29,30)31)18-15-23(2,36)34(22(18)35)13-7-5-4-6-11-32-19-10-12-33-20-14-16(26)8-9-17(19)20/h8-10,12,14-15,21,36H,3-7,11,13H2,1-2H3,(H,32,33). The Morgan fingerprint density at radius 2 is 1.86 bits per heavy atom. The van der Waals surface area contributed by atoms with E-state index in [0.29, 0.717) is 36.2 Å². The summed E-state index contributed by atoms with van der Waals surface area (Å²) in [6.07, 6.45) is -0.569. The topological polar surface area (TPSA) is 65.5 Å². The Hall–Kier alpha value is -2.11. The van der Waals surface area contributed by atoms with Crippen LogP contribution in [0, 0.1) is 0 Å². The number of nitrogens with one attached hydrogen (secondary N) is 1. The molecular formula is C25H29ClF5N3O2S. The second kappa shape index (κ2) is 11.7. The second-order valence-corrected chi connectivity index (χ2v) is 10.8. The van der Waals surface area contributed by atoms with Crippen LogP contribution in [-0.2, 0) is 4.79 Å². The first-order valence-corrected chi connectivity index (χ1v) is 13.3. The van der Waals surface area contributed by atoms with Crippen LogP contribution in [-0.4, -0.2) is 62.8 Å². The SMILES string of the molecule is CCSC(C1=CC(C)(O)N(CCCCCCNc2ccnc3cc(Cl)ccc23)C1=O)C(F)(F)C(F)(F)F. The van der Waals surface area contributed by atoms with Crippen LogP contribution < -0.4 is 5.32 Å². The van der Waals surface area contributed by atoms with E-state index in [1.807, 2.05) is 12.1 Å². The Balaban J connectivity index is 1.50. The minimum Gasteiger partial charge on any atom is -0.384 e. The number of anilines is 1. The summed E-state index contributed by atoms with van der Waals surface area (Å²) in [5.74, 6) is -6.16. The van der Waals surface area contributed by atoms with Crippen LogP contribution in [0.4, 0.5) is 27.6 Å². The van der Waals surface area contributed by atoms with E-state index < -0.39 is 34.6 Å². The molecule has 2 unspecified atom stereocenters. The molecule has 1 amide bonds. The largest absolute Gasteiger partial charge is 0.454 e. The summed E-state index contributed by atoms with van der Waals surface area (Å²) in [6.45, 7) is 3.36. The van der Waals surface area contributed by atoms with Crippen LogP contribution in [0.5, 0.6) is 0 Å². The summed E-state index contributed by atoms with van der Waals surface area (Å²) < 4.78 is 67.5. The average molecular weight is 566 g/mol. The molecule has 2 aromatic rings. The number of amides is 1. The zero-order valence-electron chi connectivity index (χ0n) is 20.4. The van der Waals surface area contributed by atoms with E-state index >= 15 is 0 Å². The first-order chi connectivity index (χ1) is 17.3. The third-order valence-electron chi connectivity index (χ3n) is 6.12. The van der Waals surface area contributed by atoms with Gasteiger partial charge >= 0.3 is 12.1 Å². The Labute approximate surface area is 221 Å². The van der Waals surface area contributed by atoms with Crippen molar-refractivity contribution < 1.29 is 31.9 Å². The van der Waals surface area contributed by atoms with Crippen molar-refractivity contribution in [1.82, 2.24) is 9.88 Å². The number of carbonyl (C=O) groups excluding carboxylic acids is 1. The summed E-state index contributed by atoms with van der Waals surface area (Å²) in [7, 11) is 0. The number of benzene rings is 1. The molecule has 37 heavy (non-hydrogen) atoms. The average Bonchev–Trinajstić information content (AvgIpc) is 3.03. The van der Waals surface area contributed by atoms with E-state index in [4.69, 9.17) is 11.6 Å². The molecule has 1 aliphatic heterocycles. The molecule has 2 atom stereocenters. The van der Waals surface area contributed by atoms with Crippen LogP contribution >= 0.6 is 23.4 Å². The van der Waals surface area contributed by atoms with Gasteiger partial charge in [0.1, 0.15) is 5.25 Å². The lowest BCUT2D eigenvalue weighted by Gasteiger charge is -2.31. The van der Waals surface area contributed by atoms with Crippen molar-refractivity contribution in [3.8, 4) is 0 Å². The number of alkyl halides is 5. The number of unbranched alkanes of at least 4 members (excludes halogenated alkanes) is 3. The van der Waals surface area contributed by atoms with Gasteiger partial charge in [-0.15, -0.1) is 11.8 Å². The Morgan fingerprint density at radius 1 is 1.16 bits per heavy atom. The molecular weight excluding hydrogens is 537 g/mol. The molecule has 0 radical (unpaired) electrons. The molecule has 2 N–H and O–H groups in total. The quantitative estimate of drug-likeness (QED) is 0.223. The van der Waals surface area contributed by atoms with Gasteiger partial charge in [0.25, 0.3) is 5.91 Å². The van der Waals surface area contributed by atoms with Gasteiger partial charge in [0.05, 0.1) is 5.52 Å². The van der Waals surface area contributed by atoms with Crippen LogP contribution in [0.1, 0.15) is 39.5 Å². The molecule has 0 fully saturated rings. The number of fused-ring (bicyclic) bond motifs is 1. The normalized spacial score (nSPS) is 19.4. The van der Waals surface area contributed by atoms with E-state index in [9.17, 15) is 31.9 Å². The number of aliphatic hydroxyl groups is 1. The number of hydrogen-bond acceptors (Lipinski definition) is 5. The molecule has 3 rings (SSSR count). The third kappa shape index (κ3) is 6.67. The van der Waals surface area contributed by atoms with Gasteiger partial charge < -0.3 is 15.3 Å². The van der Waals surface area contributed by atoms with Gasteiger partial charge in [-0.05, 0) is 55.9 Å². The van der Waals surface area contributed by atoms with Crippen molar-refractivity contribution >= 4 is 45.9 Å². The highest BCUT2D eigenvalue weighted by atomic mass is 35.5. The molecule has 5 nitrogen and oxygen atoms in total. The number of carbonyl (C=O) groups is 1. The van der Waals surface area contributed by atoms with Gasteiger partial charge in [0.15, 0.2) is 5.72 Å². The molecule has 0 saturated carbocycles. The molecule has 12 heteroatoms. The third-order valence-corrected chi connectivity index (χ3v) is 7.57. The number of pyridine rings is 1. The molecule has 1 aliphatic rings. The van der Waals surface area contributed by atoms with Gasteiger partial charge in [-0.2, -0.15) is 22.0 Å². The van der Waals surface area contributed by atoms with Crippen molar-refractivity contribution in [3.05, 3.63) is 47.1 Å². The van der Waals surface area contributed by atoms with E-state index in [0.717, 1.165) is 40.4 Å². The van der Waals surface area contributed by atoms with Crippen molar-refractivity contribution in [2.75, 3.05) is 24.2 Å². The number of hydrogen-bond donors (Lipinski definition) is 2. The first-order valence-electron chi connectivity index (χ1n) is 11.9. The smallest absolute Gasteiger partial charge is 0.384 e. The highest BCUT2D eigenvalue weighted by Gasteiger charge is 2.65. The van der Waals surface area contributed by atoms with Gasteiger partial charge in [0, 0.05) is 41.0 Å². The first kappa shape index (κ1) is 29.4. The predicted octanol–water partition coefficient (Wildman–Crippen LogP) is 6.66. The maximum Gasteiger partial charge on any atom is 0.454 e. The van der Waals surface area contributed by atoms with Crippen LogP contribution in [0.15, 0.2) is 42.1 Å². The lowest BCUT2D eigenvalue weighted by molar-refractivity contribution is -0.278. The minimum absolute atomic E-state index is 0.0378. The van der Waals surface area contributed by atoms with Gasteiger partial charge in [-0.25, -0.2) is 0 Å².